The van der Waals surface area contributed by atoms with E-state index in [4.69, 9.17) is 4.74 Å². The summed E-state index contributed by atoms with van der Waals surface area (Å²) >= 11 is 0. The van der Waals surface area contributed by atoms with Crippen molar-refractivity contribution in [1.29, 1.82) is 0 Å². The van der Waals surface area contributed by atoms with Crippen molar-refractivity contribution < 1.29 is 13.9 Å². The summed E-state index contributed by atoms with van der Waals surface area (Å²) in [6.07, 6.45) is -0.712. The maximum atomic E-state index is 14.1. The average molecular weight is 285 g/mol. The molecule has 0 radical (unpaired) electrons. The van der Waals surface area contributed by atoms with Crippen LogP contribution in [0, 0.1) is 19.7 Å². The molecule has 0 bridgehead atoms. The van der Waals surface area contributed by atoms with Gasteiger partial charge in [-0.25, -0.2) is 4.39 Å². The van der Waals surface area contributed by atoms with E-state index in [-0.39, 0.29) is 11.3 Å². The first-order valence-corrected chi connectivity index (χ1v) is 6.87. The number of rotatable bonds is 2. The smallest absolute Gasteiger partial charge is 0.208 e. The molecule has 2 aromatic rings. The van der Waals surface area contributed by atoms with Gasteiger partial charge in [-0.15, -0.1) is 0 Å². The second-order valence-corrected chi connectivity index (χ2v) is 5.29. The minimum absolute atomic E-state index is 0.117. The number of ketones is 1. The van der Waals surface area contributed by atoms with Gasteiger partial charge in [-0.3, -0.25) is 4.79 Å². The van der Waals surface area contributed by atoms with Crippen molar-refractivity contribution in [2.75, 3.05) is 11.9 Å². The van der Waals surface area contributed by atoms with Crippen molar-refractivity contribution in [2.24, 2.45) is 0 Å². The molecule has 108 valence electrons. The predicted molar refractivity (Wildman–Crippen MR) is 79.6 cm³/mol. The molecule has 0 spiro atoms. The monoisotopic (exact) mass is 285 g/mol. The van der Waals surface area contributed by atoms with Crippen LogP contribution in [0.4, 0.5) is 10.1 Å². The molecule has 0 saturated heterocycles. The van der Waals surface area contributed by atoms with Gasteiger partial charge in [-0.1, -0.05) is 18.2 Å². The van der Waals surface area contributed by atoms with E-state index in [1.165, 1.54) is 6.07 Å². The molecule has 0 aromatic heterocycles. The minimum Gasteiger partial charge on any atom is -0.478 e. The Balaban J connectivity index is 1.91. The molecule has 0 aliphatic carbocycles. The van der Waals surface area contributed by atoms with Crippen LogP contribution >= 0.6 is 0 Å². The first kappa shape index (κ1) is 13.6. The van der Waals surface area contributed by atoms with Gasteiger partial charge in [0.2, 0.25) is 5.78 Å². The lowest BCUT2D eigenvalue weighted by Crippen LogP contribution is -2.38. The van der Waals surface area contributed by atoms with Crippen molar-refractivity contribution >= 4 is 11.5 Å². The van der Waals surface area contributed by atoms with E-state index in [1.54, 1.807) is 26.0 Å². The number of fused-ring (bicyclic) bond motifs is 1. The van der Waals surface area contributed by atoms with Crippen LogP contribution in [0.2, 0.25) is 0 Å². The van der Waals surface area contributed by atoms with Gasteiger partial charge < -0.3 is 10.1 Å². The third-order valence-electron chi connectivity index (χ3n) is 3.60. The normalized spacial score (nSPS) is 16.6. The van der Waals surface area contributed by atoms with Crippen LogP contribution in [0.15, 0.2) is 36.4 Å². The van der Waals surface area contributed by atoms with E-state index in [0.29, 0.717) is 17.9 Å². The molecular weight excluding hydrogens is 269 g/mol. The molecule has 3 rings (SSSR count). The number of hydrogen-bond acceptors (Lipinski definition) is 3. The fourth-order valence-corrected chi connectivity index (χ4v) is 2.65. The summed E-state index contributed by atoms with van der Waals surface area (Å²) in [7, 11) is 0. The Bertz CT molecular complexity index is 689. The third kappa shape index (κ3) is 2.49. The van der Waals surface area contributed by atoms with E-state index in [2.05, 4.69) is 5.32 Å². The van der Waals surface area contributed by atoms with E-state index >= 15 is 0 Å². The average Bonchev–Trinajstić information content (AvgIpc) is 2.45. The van der Waals surface area contributed by atoms with Gasteiger partial charge in [0.1, 0.15) is 11.6 Å². The number of ether oxygens (including phenoxy) is 1. The highest BCUT2D eigenvalue weighted by atomic mass is 19.1. The molecule has 21 heavy (non-hydrogen) atoms. The summed E-state index contributed by atoms with van der Waals surface area (Å²) < 4.78 is 19.8. The number of hydrogen-bond donors (Lipinski definition) is 1. The number of carbonyl (C=O) groups excluding carboxylic acids is 1. The molecular formula is C17H16FNO2. The van der Waals surface area contributed by atoms with Crippen molar-refractivity contribution in [3.05, 3.63) is 58.9 Å². The Morgan fingerprint density at radius 2 is 2.05 bits per heavy atom. The van der Waals surface area contributed by atoms with Crippen molar-refractivity contribution in [1.82, 2.24) is 0 Å². The van der Waals surface area contributed by atoms with E-state index in [9.17, 15) is 9.18 Å². The van der Waals surface area contributed by atoms with Crippen molar-refractivity contribution in [3.63, 3.8) is 0 Å². The summed E-state index contributed by atoms with van der Waals surface area (Å²) in [4.78, 5) is 12.6. The lowest BCUT2D eigenvalue weighted by atomic mass is 9.97. The molecule has 4 heteroatoms. The molecule has 1 unspecified atom stereocenters. The van der Waals surface area contributed by atoms with Gasteiger partial charge in [0.25, 0.3) is 0 Å². The highest BCUT2D eigenvalue weighted by Gasteiger charge is 2.29. The highest BCUT2D eigenvalue weighted by Crippen LogP contribution is 2.30. The van der Waals surface area contributed by atoms with Crippen LogP contribution in [0.1, 0.15) is 21.5 Å². The Morgan fingerprint density at radius 3 is 2.81 bits per heavy atom. The largest absolute Gasteiger partial charge is 0.478 e. The molecule has 1 aliphatic rings. The summed E-state index contributed by atoms with van der Waals surface area (Å²) in [5.74, 6) is -0.195. The predicted octanol–water partition coefficient (Wildman–Crippen LogP) is 3.50. The molecule has 2 aromatic carbocycles. The highest BCUT2D eigenvalue weighted by molar-refractivity contribution is 6.02. The number of nitrogens with one attached hydrogen (secondary N) is 1. The van der Waals surface area contributed by atoms with Crippen LogP contribution in [-0.4, -0.2) is 18.4 Å². The van der Waals surface area contributed by atoms with E-state index in [1.807, 2.05) is 18.2 Å². The lowest BCUT2D eigenvalue weighted by Gasteiger charge is -2.26. The summed E-state index contributed by atoms with van der Waals surface area (Å²) in [5.41, 5.74) is 2.41. The topological polar surface area (TPSA) is 38.3 Å². The Morgan fingerprint density at radius 1 is 1.29 bits per heavy atom. The van der Waals surface area contributed by atoms with Crippen molar-refractivity contribution in [3.8, 4) is 5.75 Å². The SMILES string of the molecule is Cc1cc(C)c(C(=O)C2CNc3ccccc3O2)c(F)c1. The standard InChI is InChI=1S/C17H16FNO2/c1-10-7-11(2)16(12(18)8-10)17(20)15-9-19-13-5-3-4-6-14(13)21-15/h3-8,15,19H,9H2,1-2H3. The van der Waals surface area contributed by atoms with Gasteiger partial charge in [0, 0.05) is 0 Å². The molecule has 1 heterocycles. The van der Waals surface area contributed by atoms with Gasteiger partial charge in [-0.2, -0.15) is 0 Å². The van der Waals surface area contributed by atoms with Gasteiger partial charge in [-0.05, 0) is 43.2 Å². The number of benzene rings is 2. The van der Waals surface area contributed by atoms with Crippen LogP contribution in [0.3, 0.4) is 0 Å². The number of aryl methyl sites for hydroxylation is 2. The second kappa shape index (κ2) is 5.20. The Hall–Kier alpha value is -2.36. The molecule has 0 amide bonds. The zero-order valence-corrected chi connectivity index (χ0v) is 11.9. The first-order valence-electron chi connectivity index (χ1n) is 6.87. The minimum atomic E-state index is -0.712. The van der Waals surface area contributed by atoms with Gasteiger partial charge in [0.15, 0.2) is 6.10 Å². The molecule has 0 fully saturated rings. The lowest BCUT2D eigenvalue weighted by molar-refractivity contribution is 0.0796. The molecule has 1 aliphatic heterocycles. The van der Waals surface area contributed by atoms with E-state index in [0.717, 1.165) is 11.3 Å². The maximum absolute atomic E-state index is 14.1. The number of halogens is 1. The molecule has 0 saturated carbocycles. The fraction of sp³-hybridized carbons (Fsp3) is 0.235. The van der Waals surface area contributed by atoms with Crippen LogP contribution < -0.4 is 10.1 Å². The molecule has 1 N–H and O–H groups in total. The van der Waals surface area contributed by atoms with Crippen LogP contribution in [0.25, 0.3) is 0 Å². The number of Topliss-reactive ketones (excluding diaryl/α,β-unsaturated/α-hetero) is 1. The molecule has 1 atom stereocenters. The molecule has 3 nitrogen and oxygen atoms in total. The Labute approximate surface area is 122 Å². The maximum Gasteiger partial charge on any atom is 0.208 e. The summed E-state index contributed by atoms with van der Waals surface area (Å²) in [6, 6.07) is 10.6. The van der Waals surface area contributed by atoms with Crippen LogP contribution in [-0.2, 0) is 0 Å². The van der Waals surface area contributed by atoms with Crippen molar-refractivity contribution in [2.45, 2.75) is 20.0 Å². The Kier molecular flexibility index (Phi) is 3.37. The quantitative estimate of drug-likeness (QED) is 0.858. The first-order chi connectivity index (χ1) is 10.1. The van der Waals surface area contributed by atoms with Gasteiger partial charge in [0.05, 0.1) is 17.8 Å². The second-order valence-electron chi connectivity index (χ2n) is 5.29. The van der Waals surface area contributed by atoms with E-state index < -0.39 is 11.9 Å². The van der Waals surface area contributed by atoms with Crippen LogP contribution in [0.5, 0.6) is 5.75 Å². The summed E-state index contributed by atoms with van der Waals surface area (Å²) in [5, 5.41) is 3.15. The zero-order valence-electron chi connectivity index (χ0n) is 11.9. The fourth-order valence-electron chi connectivity index (χ4n) is 2.65. The number of para-hydroxylation sites is 2. The number of carbonyl (C=O) groups is 1. The number of anilines is 1. The zero-order chi connectivity index (χ0) is 15.0. The summed E-state index contributed by atoms with van der Waals surface area (Å²) in [6.45, 7) is 3.88. The third-order valence-corrected chi connectivity index (χ3v) is 3.60. The van der Waals surface area contributed by atoms with Gasteiger partial charge >= 0.3 is 0 Å².